The summed E-state index contributed by atoms with van der Waals surface area (Å²) in [6, 6.07) is 15.4. The number of nitrogens with zero attached hydrogens (tertiary/aromatic N) is 3. The van der Waals surface area contributed by atoms with E-state index in [4.69, 9.17) is 0 Å². The van der Waals surface area contributed by atoms with E-state index in [0.717, 1.165) is 96.9 Å². The lowest BCUT2D eigenvalue weighted by molar-refractivity contribution is -0.144. The van der Waals surface area contributed by atoms with Crippen LogP contribution in [0.3, 0.4) is 0 Å². The monoisotopic (exact) mass is 728 g/mol. The van der Waals surface area contributed by atoms with Crippen LogP contribution in [0.2, 0.25) is 0 Å². The molecule has 0 radical (unpaired) electrons. The minimum atomic E-state index is -0.770. The maximum Gasteiger partial charge on any atom is 0.320 e. The third kappa shape index (κ3) is 8.48. The SMILES string of the molecule is Cc1c(CC(=O)c2cc(C3CC3)c(CN3CCCC[C@H]3C(=O)O)cn2)cccc1-c1cccc(NC(=O)c2cc(C3CC3)c(CC[C@@H](C)CO)cn2)c1C. The number of aliphatic carboxylic acids is 1. The van der Waals surface area contributed by atoms with E-state index < -0.39 is 12.0 Å². The van der Waals surface area contributed by atoms with Gasteiger partial charge in [-0.05, 0) is 158 Å². The summed E-state index contributed by atoms with van der Waals surface area (Å²) in [7, 11) is 0. The molecule has 3 N–H and O–H groups in total. The number of ketones is 1. The number of nitrogens with one attached hydrogen (secondary N) is 1. The number of anilines is 1. The van der Waals surface area contributed by atoms with Gasteiger partial charge in [-0.2, -0.15) is 0 Å². The zero-order valence-electron chi connectivity index (χ0n) is 31.7. The van der Waals surface area contributed by atoms with E-state index >= 15 is 0 Å². The van der Waals surface area contributed by atoms with Gasteiger partial charge >= 0.3 is 5.97 Å². The summed E-state index contributed by atoms with van der Waals surface area (Å²) in [5.41, 5.74) is 10.9. The standard InChI is InChI=1S/C45H52N4O5/c1-27(26-50)13-14-33-23-47-41(22-37(33)30-15-16-30)44(52)48-39-11-7-10-36(29(39)3)35-9-6-8-32(28(35)2)20-43(51)40-21-38(31-17-18-31)34(24-46-40)25-49-19-5-4-12-42(49)45(53)54/h6-11,21-24,27,30-31,42,50H,4-5,12-20,25-26H2,1-3H3,(H,48,52)(H,53,54)/t27-,42+/m1/s1. The first-order valence-corrected chi connectivity index (χ1v) is 19.7. The number of hydrogen-bond donors (Lipinski definition) is 3. The molecule has 2 aromatic carbocycles. The van der Waals surface area contributed by atoms with Crippen LogP contribution >= 0.6 is 0 Å². The number of carbonyl (C=O) groups is 3. The molecule has 9 heteroatoms. The second kappa shape index (κ2) is 16.3. The Bertz CT molecular complexity index is 2050. The molecule has 3 heterocycles. The van der Waals surface area contributed by atoms with Crippen molar-refractivity contribution in [2.75, 3.05) is 18.5 Å². The number of aromatic nitrogens is 2. The number of piperidine rings is 1. The Morgan fingerprint density at radius 3 is 2.19 bits per heavy atom. The van der Waals surface area contributed by atoms with Crippen LogP contribution in [-0.4, -0.2) is 61.9 Å². The molecule has 4 aromatic rings. The number of aryl methyl sites for hydroxylation is 1. The molecule has 54 heavy (non-hydrogen) atoms. The maximum absolute atomic E-state index is 13.8. The number of carbonyl (C=O) groups excluding carboxylic acids is 2. The summed E-state index contributed by atoms with van der Waals surface area (Å²) in [6.07, 6.45) is 12.5. The lowest BCUT2D eigenvalue weighted by Crippen LogP contribution is -2.44. The first-order valence-electron chi connectivity index (χ1n) is 19.7. The molecule has 282 valence electrons. The first-order chi connectivity index (χ1) is 26.1. The topological polar surface area (TPSA) is 133 Å². The van der Waals surface area contributed by atoms with Crippen molar-refractivity contribution in [3.63, 3.8) is 0 Å². The minimum Gasteiger partial charge on any atom is -0.480 e. The van der Waals surface area contributed by atoms with Crippen LogP contribution in [-0.2, 0) is 24.2 Å². The van der Waals surface area contributed by atoms with Crippen LogP contribution < -0.4 is 5.32 Å². The first kappa shape index (κ1) is 37.6. The smallest absolute Gasteiger partial charge is 0.320 e. The van der Waals surface area contributed by atoms with E-state index in [1.807, 2.05) is 69.4 Å². The second-order valence-corrected chi connectivity index (χ2v) is 15.9. The van der Waals surface area contributed by atoms with Gasteiger partial charge in [-0.25, -0.2) is 0 Å². The summed E-state index contributed by atoms with van der Waals surface area (Å²) < 4.78 is 0. The third-order valence-electron chi connectivity index (χ3n) is 11.8. The van der Waals surface area contributed by atoms with Gasteiger partial charge in [0.05, 0.1) is 0 Å². The quantitative estimate of drug-likeness (QED) is 0.104. The number of Topliss-reactive ketones (excluding diaryl/α,β-unsaturated/α-hetero) is 1. The number of likely N-dealkylation sites (tertiary alicyclic amines) is 1. The van der Waals surface area contributed by atoms with Gasteiger partial charge < -0.3 is 15.5 Å². The Hall–Kier alpha value is -4.73. The van der Waals surface area contributed by atoms with Crippen LogP contribution in [0.4, 0.5) is 5.69 Å². The van der Waals surface area contributed by atoms with Crippen molar-refractivity contribution < 1.29 is 24.6 Å². The second-order valence-electron chi connectivity index (χ2n) is 15.9. The molecule has 2 saturated carbocycles. The number of pyridine rings is 2. The average Bonchev–Trinajstić information content (AvgIpc) is 4.11. The summed E-state index contributed by atoms with van der Waals surface area (Å²) in [5.74, 6) is 0.0282. The summed E-state index contributed by atoms with van der Waals surface area (Å²) in [4.78, 5) is 50.5. The number of carboxylic acids is 1. The molecule has 7 rings (SSSR count). The maximum atomic E-state index is 13.8. The normalized spacial score (nSPS) is 18.0. The summed E-state index contributed by atoms with van der Waals surface area (Å²) >= 11 is 0. The van der Waals surface area contributed by atoms with Crippen molar-refractivity contribution in [2.45, 2.75) is 109 Å². The van der Waals surface area contributed by atoms with Gasteiger partial charge in [-0.3, -0.25) is 29.3 Å². The molecule has 2 aliphatic carbocycles. The molecule has 3 aliphatic rings. The molecule has 1 amide bonds. The molecule has 0 bridgehead atoms. The van der Waals surface area contributed by atoms with E-state index in [1.54, 1.807) is 6.20 Å². The number of carboxylic acid groups (broad SMARTS) is 1. The van der Waals surface area contributed by atoms with Gasteiger partial charge in [0.1, 0.15) is 17.4 Å². The van der Waals surface area contributed by atoms with Gasteiger partial charge in [-0.1, -0.05) is 43.7 Å². The number of aliphatic hydroxyl groups excluding tert-OH is 1. The van der Waals surface area contributed by atoms with Gasteiger partial charge in [0.25, 0.3) is 5.91 Å². The molecule has 0 spiro atoms. The minimum absolute atomic E-state index is 0.0465. The Balaban J connectivity index is 1.07. The molecule has 2 atom stereocenters. The Morgan fingerprint density at radius 2 is 1.48 bits per heavy atom. The fraction of sp³-hybridized carbons (Fsp3) is 0.444. The van der Waals surface area contributed by atoms with Crippen LogP contribution in [0.25, 0.3) is 11.1 Å². The van der Waals surface area contributed by atoms with Crippen molar-refractivity contribution in [1.82, 2.24) is 14.9 Å². The van der Waals surface area contributed by atoms with Crippen LogP contribution in [0, 0.1) is 19.8 Å². The Labute approximate surface area is 318 Å². The number of hydrogen-bond acceptors (Lipinski definition) is 7. The van der Waals surface area contributed by atoms with Crippen molar-refractivity contribution in [3.8, 4) is 11.1 Å². The van der Waals surface area contributed by atoms with Crippen molar-refractivity contribution in [3.05, 3.63) is 111 Å². The fourth-order valence-corrected chi connectivity index (χ4v) is 8.02. The van der Waals surface area contributed by atoms with Gasteiger partial charge in [-0.15, -0.1) is 0 Å². The lowest BCUT2D eigenvalue weighted by atomic mass is 9.90. The number of aliphatic hydroxyl groups is 1. The highest BCUT2D eigenvalue weighted by Crippen LogP contribution is 2.43. The molecule has 1 aliphatic heterocycles. The number of benzene rings is 2. The predicted octanol–water partition coefficient (Wildman–Crippen LogP) is 8.19. The predicted molar refractivity (Wildman–Crippen MR) is 210 cm³/mol. The Kier molecular flexibility index (Phi) is 11.4. The van der Waals surface area contributed by atoms with Crippen molar-refractivity contribution in [2.24, 2.45) is 5.92 Å². The highest BCUT2D eigenvalue weighted by Gasteiger charge is 2.32. The van der Waals surface area contributed by atoms with E-state index in [-0.39, 0.29) is 30.6 Å². The van der Waals surface area contributed by atoms with Crippen LogP contribution in [0.5, 0.6) is 0 Å². The molecular weight excluding hydrogens is 677 g/mol. The zero-order chi connectivity index (χ0) is 37.9. The zero-order valence-corrected chi connectivity index (χ0v) is 31.7. The van der Waals surface area contributed by atoms with Gasteiger partial charge in [0, 0.05) is 37.7 Å². The molecule has 0 unspecified atom stereocenters. The van der Waals surface area contributed by atoms with Gasteiger partial charge in [0.2, 0.25) is 0 Å². The molecule has 2 aromatic heterocycles. The third-order valence-corrected chi connectivity index (χ3v) is 11.8. The van der Waals surface area contributed by atoms with Crippen molar-refractivity contribution >= 4 is 23.3 Å². The number of amides is 1. The fourth-order valence-electron chi connectivity index (χ4n) is 8.02. The van der Waals surface area contributed by atoms with Crippen molar-refractivity contribution in [1.29, 1.82) is 0 Å². The highest BCUT2D eigenvalue weighted by atomic mass is 16.4. The van der Waals surface area contributed by atoms with E-state index in [1.165, 1.54) is 11.1 Å². The lowest BCUT2D eigenvalue weighted by Gasteiger charge is -2.33. The Morgan fingerprint density at radius 1 is 0.833 bits per heavy atom. The molecule has 1 saturated heterocycles. The summed E-state index contributed by atoms with van der Waals surface area (Å²) in [6.45, 7) is 7.55. The number of rotatable bonds is 15. The summed E-state index contributed by atoms with van der Waals surface area (Å²) in [5, 5.41) is 22.4. The van der Waals surface area contributed by atoms with Crippen LogP contribution in [0.15, 0.2) is 60.9 Å². The molecule has 9 nitrogen and oxygen atoms in total. The average molecular weight is 729 g/mol. The van der Waals surface area contributed by atoms with E-state index in [0.29, 0.717) is 41.9 Å². The largest absolute Gasteiger partial charge is 0.480 e. The van der Waals surface area contributed by atoms with E-state index in [9.17, 15) is 24.6 Å². The highest BCUT2D eigenvalue weighted by molar-refractivity contribution is 6.04. The molecular formula is C45H52N4O5. The van der Waals surface area contributed by atoms with Gasteiger partial charge in [0.15, 0.2) is 5.78 Å². The molecule has 3 fully saturated rings. The van der Waals surface area contributed by atoms with E-state index in [2.05, 4.69) is 26.3 Å². The van der Waals surface area contributed by atoms with Crippen LogP contribution in [0.1, 0.15) is 130 Å².